The lowest BCUT2D eigenvalue weighted by atomic mass is 9.94. The number of ether oxygens (including phenoxy) is 1. The second-order valence-electron chi connectivity index (χ2n) is 6.25. The number of piperidine rings is 1. The molecule has 1 aromatic heterocycles. The van der Waals surface area contributed by atoms with Gasteiger partial charge in [-0.15, -0.1) is 11.8 Å². The summed E-state index contributed by atoms with van der Waals surface area (Å²) in [6.45, 7) is 3.72. The zero-order valence-electron chi connectivity index (χ0n) is 14.4. The molecule has 128 valence electrons. The Kier molecular flexibility index (Phi) is 6.24. The number of aromatic nitrogens is 2. The lowest BCUT2D eigenvalue weighted by Gasteiger charge is -2.32. The summed E-state index contributed by atoms with van der Waals surface area (Å²) in [5.41, 5.74) is 2.54. The lowest BCUT2D eigenvalue weighted by Crippen LogP contribution is -2.34. The molecule has 1 aromatic carbocycles. The number of thioether (sulfide) groups is 1. The first-order valence-corrected chi connectivity index (χ1v) is 9.67. The maximum atomic E-state index is 5.15. The van der Waals surface area contributed by atoms with Gasteiger partial charge >= 0.3 is 0 Å². The van der Waals surface area contributed by atoms with E-state index in [0.29, 0.717) is 12.5 Å². The number of nitrogens with zero attached hydrogens (tertiary/aromatic N) is 3. The molecular formula is C19H25N3OS. The van der Waals surface area contributed by atoms with Gasteiger partial charge in [0.2, 0.25) is 0 Å². The van der Waals surface area contributed by atoms with Gasteiger partial charge in [0.05, 0.1) is 0 Å². The number of hydrogen-bond donors (Lipinski definition) is 0. The zero-order chi connectivity index (χ0) is 16.8. The van der Waals surface area contributed by atoms with Crippen LogP contribution in [0.2, 0.25) is 0 Å². The van der Waals surface area contributed by atoms with Crippen molar-refractivity contribution in [2.75, 3.05) is 26.5 Å². The summed E-state index contributed by atoms with van der Waals surface area (Å²) in [5, 5.41) is 0. The molecule has 1 atom stereocenters. The van der Waals surface area contributed by atoms with Crippen LogP contribution in [-0.4, -0.2) is 41.3 Å². The predicted molar refractivity (Wildman–Crippen MR) is 98.2 cm³/mol. The summed E-state index contributed by atoms with van der Waals surface area (Å²) in [5.74, 6) is 1.27. The summed E-state index contributed by atoms with van der Waals surface area (Å²) in [6, 6.07) is 11.0. The molecule has 0 unspecified atom stereocenters. The van der Waals surface area contributed by atoms with Crippen molar-refractivity contribution >= 4 is 11.8 Å². The lowest BCUT2D eigenvalue weighted by molar-refractivity contribution is 0.176. The molecule has 1 aliphatic rings. The molecule has 0 amide bonds. The molecule has 0 N–H and O–H groups in total. The Morgan fingerprint density at radius 3 is 2.83 bits per heavy atom. The molecule has 0 aliphatic carbocycles. The Balaban J connectivity index is 1.64. The normalized spacial score (nSPS) is 18.7. The molecule has 5 heteroatoms. The molecular weight excluding hydrogens is 318 g/mol. The summed E-state index contributed by atoms with van der Waals surface area (Å²) < 4.78 is 5.15. The van der Waals surface area contributed by atoms with Gasteiger partial charge in [-0.1, -0.05) is 12.1 Å². The molecule has 0 saturated carbocycles. The van der Waals surface area contributed by atoms with Crippen LogP contribution in [-0.2, 0) is 17.9 Å². The Morgan fingerprint density at radius 1 is 1.25 bits per heavy atom. The summed E-state index contributed by atoms with van der Waals surface area (Å²) in [6.07, 6.45) is 6.39. The molecule has 0 radical (unpaired) electrons. The van der Waals surface area contributed by atoms with E-state index in [4.69, 9.17) is 4.74 Å². The third-order valence-corrected chi connectivity index (χ3v) is 5.23. The summed E-state index contributed by atoms with van der Waals surface area (Å²) >= 11 is 1.79. The van der Waals surface area contributed by atoms with E-state index < -0.39 is 0 Å². The van der Waals surface area contributed by atoms with Crippen LogP contribution in [0.1, 0.15) is 35.8 Å². The van der Waals surface area contributed by atoms with E-state index in [1.54, 1.807) is 18.9 Å². The van der Waals surface area contributed by atoms with Crippen LogP contribution in [0.25, 0.3) is 0 Å². The van der Waals surface area contributed by atoms with Crippen molar-refractivity contribution in [1.82, 2.24) is 14.9 Å². The van der Waals surface area contributed by atoms with E-state index >= 15 is 0 Å². The highest BCUT2D eigenvalue weighted by molar-refractivity contribution is 7.98. The molecule has 2 aromatic rings. The average Bonchev–Trinajstić information content (AvgIpc) is 2.63. The van der Waals surface area contributed by atoms with Crippen molar-refractivity contribution in [1.29, 1.82) is 0 Å². The molecule has 24 heavy (non-hydrogen) atoms. The first-order valence-electron chi connectivity index (χ1n) is 8.44. The Labute approximate surface area is 148 Å². The molecule has 1 fully saturated rings. The number of hydrogen-bond acceptors (Lipinski definition) is 5. The number of likely N-dealkylation sites (tertiary alicyclic amines) is 1. The van der Waals surface area contributed by atoms with Crippen LogP contribution in [0.5, 0.6) is 0 Å². The van der Waals surface area contributed by atoms with E-state index in [1.807, 2.05) is 6.20 Å². The van der Waals surface area contributed by atoms with E-state index in [1.165, 1.54) is 23.3 Å². The predicted octanol–water partition coefficient (Wildman–Crippen LogP) is 3.72. The fraction of sp³-hybridized carbons (Fsp3) is 0.474. The van der Waals surface area contributed by atoms with Crippen molar-refractivity contribution in [2.45, 2.75) is 36.8 Å². The maximum Gasteiger partial charge on any atom is 0.154 e. The van der Waals surface area contributed by atoms with Gasteiger partial charge in [0, 0.05) is 42.9 Å². The second-order valence-corrected chi connectivity index (χ2v) is 7.13. The van der Waals surface area contributed by atoms with Crippen LogP contribution in [0.4, 0.5) is 0 Å². The Bertz CT molecular complexity index is 647. The monoisotopic (exact) mass is 343 g/mol. The van der Waals surface area contributed by atoms with Gasteiger partial charge in [0.25, 0.3) is 0 Å². The average molecular weight is 343 g/mol. The van der Waals surface area contributed by atoms with Gasteiger partial charge in [-0.05, 0) is 49.4 Å². The van der Waals surface area contributed by atoms with Gasteiger partial charge in [0.1, 0.15) is 6.61 Å². The van der Waals surface area contributed by atoms with Crippen molar-refractivity contribution in [3.63, 3.8) is 0 Å². The molecule has 1 saturated heterocycles. The van der Waals surface area contributed by atoms with E-state index in [-0.39, 0.29) is 0 Å². The van der Waals surface area contributed by atoms with Crippen molar-refractivity contribution in [3.8, 4) is 0 Å². The van der Waals surface area contributed by atoms with Crippen LogP contribution < -0.4 is 0 Å². The maximum absolute atomic E-state index is 5.15. The van der Waals surface area contributed by atoms with Gasteiger partial charge in [-0.25, -0.2) is 9.97 Å². The zero-order valence-corrected chi connectivity index (χ0v) is 15.3. The van der Waals surface area contributed by atoms with Gasteiger partial charge in [-0.3, -0.25) is 4.90 Å². The highest BCUT2D eigenvalue weighted by Gasteiger charge is 2.22. The van der Waals surface area contributed by atoms with E-state index in [2.05, 4.69) is 51.5 Å². The van der Waals surface area contributed by atoms with Crippen LogP contribution in [0.3, 0.4) is 0 Å². The molecule has 0 bridgehead atoms. The molecule has 4 nitrogen and oxygen atoms in total. The minimum atomic E-state index is 0.478. The Hall–Kier alpha value is -1.43. The molecule has 2 heterocycles. The quantitative estimate of drug-likeness (QED) is 0.747. The minimum absolute atomic E-state index is 0.478. The van der Waals surface area contributed by atoms with Crippen molar-refractivity contribution < 1.29 is 4.74 Å². The Morgan fingerprint density at radius 2 is 2.08 bits per heavy atom. The van der Waals surface area contributed by atoms with Crippen molar-refractivity contribution in [3.05, 3.63) is 53.6 Å². The fourth-order valence-electron chi connectivity index (χ4n) is 3.27. The van der Waals surface area contributed by atoms with E-state index in [0.717, 1.165) is 31.2 Å². The number of methoxy groups -OCH3 is 1. The third kappa shape index (κ3) is 4.56. The first kappa shape index (κ1) is 17.4. The summed E-state index contributed by atoms with van der Waals surface area (Å²) in [7, 11) is 1.68. The van der Waals surface area contributed by atoms with Crippen LogP contribution in [0, 0.1) is 0 Å². The highest BCUT2D eigenvalue weighted by atomic mass is 32.2. The highest BCUT2D eigenvalue weighted by Crippen LogP contribution is 2.27. The van der Waals surface area contributed by atoms with Crippen LogP contribution >= 0.6 is 11.8 Å². The van der Waals surface area contributed by atoms with Gasteiger partial charge in [0.15, 0.2) is 5.82 Å². The third-order valence-electron chi connectivity index (χ3n) is 4.49. The van der Waals surface area contributed by atoms with Crippen molar-refractivity contribution in [2.24, 2.45) is 0 Å². The second kappa shape index (κ2) is 8.60. The fourth-order valence-corrected chi connectivity index (χ4v) is 3.68. The topological polar surface area (TPSA) is 38.2 Å². The molecule has 1 aliphatic heterocycles. The smallest absolute Gasteiger partial charge is 0.154 e. The standard InChI is InChI=1S/C19H25N3OS/c1-23-14-19-20-10-9-18(21-19)16-4-3-11-22(13-16)12-15-5-7-17(24-2)8-6-15/h5-10,16H,3-4,11-14H2,1-2H3/t16-/m0/s1. The molecule has 0 spiro atoms. The first-order chi connectivity index (χ1) is 11.8. The minimum Gasteiger partial charge on any atom is -0.377 e. The van der Waals surface area contributed by atoms with E-state index in [9.17, 15) is 0 Å². The molecule has 3 rings (SSSR count). The van der Waals surface area contributed by atoms with Gasteiger partial charge < -0.3 is 4.74 Å². The number of rotatable bonds is 6. The largest absolute Gasteiger partial charge is 0.377 e. The summed E-state index contributed by atoms with van der Waals surface area (Å²) in [4.78, 5) is 12.8. The number of benzene rings is 1. The van der Waals surface area contributed by atoms with Gasteiger partial charge in [-0.2, -0.15) is 0 Å². The SMILES string of the molecule is COCc1nccc([C@H]2CCCN(Cc3ccc(SC)cc3)C2)n1. The van der Waals surface area contributed by atoms with Crippen LogP contribution in [0.15, 0.2) is 41.4 Å².